The topological polar surface area (TPSA) is 72.3 Å². The highest BCUT2D eigenvalue weighted by Crippen LogP contribution is 2.23. The number of hydrogen-bond acceptors (Lipinski definition) is 5. The molecule has 31 heavy (non-hydrogen) atoms. The van der Waals surface area contributed by atoms with Gasteiger partial charge in [0.1, 0.15) is 24.2 Å². The summed E-state index contributed by atoms with van der Waals surface area (Å²) >= 11 is 0. The van der Waals surface area contributed by atoms with E-state index in [9.17, 15) is 4.79 Å². The Balaban J connectivity index is 0.00000171. The fourth-order valence-corrected chi connectivity index (χ4v) is 3.54. The number of nitrogens with one attached hydrogen (secondary N) is 1. The molecule has 0 aliphatic carbocycles. The first-order chi connectivity index (χ1) is 14.1. The number of pyridine rings is 1. The second-order valence-corrected chi connectivity index (χ2v) is 7.24. The quantitative estimate of drug-likeness (QED) is 0.627. The number of ether oxygens (including phenoxy) is 1. The van der Waals surface area contributed by atoms with Crippen molar-refractivity contribution < 1.29 is 9.53 Å². The summed E-state index contributed by atoms with van der Waals surface area (Å²) in [6.07, 6.45) is 5.39. The van der Waals surface area contributed by atoms with E-state index in [0.29, 0.717) is 31.0 Å². The predicted octanol–water partition coefficient (Wildman–Crippen LogP) is 3.33. The van der Waals surface area contributed by atoms with Crippen LogP contribution in [0.5, 0.6) is 5.75 Å². The van der Waals surface area contributed by atoms with Crippen molar-refractivity contribution in [3.05, 3.63) is 77.6 Å². The number of aryl methyl sites for hydroxylation is 2. The minimum atomic E-state index is -0.0882. The van der Waals surface area contributed by atoms with Gasteiger partial charge in [-0.1, -0.05) is 12.1 Å². The van der Waals surface area contributed by atoms with Crippen LogP contribution in [0.4, 0.5) is 0 Å². The molecule has 1 unspecified atom stereocenters. The zero-order chi connectivity index (χ0) is 20.2. The fraction of sp³-hybridized carbons (Fsp3) is 0.318. The van der Waals surface area contributed by atoms with Crippen molar-refractivity contribution in [1.82, 2.24) is 24.8 Å². The Kier molecular flexibility index (Phi) is 8.86. The Hall–Kier alpha value is -2.61. The lowest BCUT2D eigenvalue weighted by molar-refractivity contribution is 0.0620. The molecule has 1 N–H and O–H groups in total. The van der Waals surface area contributed by atoms with Crippen molar-refractivity contribution in [2.45, 2.75) is 19.6 Å². The largest absolute Gasteiger partial charge is 0.487 e. The van der Waals surface area contributed by atoms with Gasteiger partial charge < -0.3 is 19.5 Å². The van der Waals surface area contributed by atoms with E-state index in [4.69, 9.17) is 4.74 Å². The molecule has 1 amide bonds. The second kappa shape index (κ2) is 11.1. The molecule has 3 heterocycles. The van der Waals surface area contributed by atoms with Crippen LogP contribution < -0.4 is 10.1 Å². The van der Waals surface area contributed by atoms with Crippen molar-refractivity contribution in [2.24, 2.45) is 7.05 Å². The predicted molar refractivity (Wildman–Crippen MR) is 124 cm³/mol. The molecule has 1 fully saturated rings. The summed E-state index contributed by atoms with van der Waals surface area (Å²) in [4.78, 5) is 23.9. The van der Waals surface area contributed by atoms with Gasteiger partial charge in [0.05, 0.1) is 6.20 Å². The number of rotatable bonds is 5. The number of carbonyl (C=O) groups excluding carboxylic acids is 1. The number of benzene rings is 1. The van der Waals surface area contributed by atoms with Gasteiger partial charge in [-0.2, -0.15) is 0 Å². The standard InChI is InChI=1S/C22H25N5O2.2ClH/c1-16-6-7-19(13-25-16)29-15-17-4-3-5-18(12-17)22(28)27-11-8-23-14-20(27)21-24-9-10-26(21)2;;/h3-7,9-10,12-13,20,23H,8,11,14-15H2,1-2H3;2*1H. The smallest absolute Gasteiger partial charge is 0.254 e. The highest BCUT2D eigenvalue weighted by Gasteiger charge is 2.31. The molecule has 0 spiro atoms. The Bertz CT molecular complexity index is 994. The zero-order valence-electron chi connectivity index (χ0n) is 17.5. The highest BCUT2D eigenvalue weighted by atomic mass is 35.5. The van der Waals surface area contributed by atoms with E-state index in [1.165, 1.54) is 0 Å². The molecule has 1 atom stereocenters. The molecular formula is C22H27Cl2N5O2. The fourth-order valence-electron chi connectivity index (χ4n) is 3.54. The van der Waals surface area contributed by atoms with Gasteiger partial charge in [0.25, 0.3) is 5.91 Å². The summed E-state index contributed by atoms with van der Waals surface area (Å²) in [6.45, 7) is 4.44. The van der Waals surface area contributed by atoms with Crippen LogP contribution in [0, 0.1) is 6.92 Å². The van der Waals surface area contributed by atoms with Crippen LogP contribution in [-0.4, -0.2) is 45.0 Å². The number of amides is 1. The van der Waals surface area contributed by atoms with Gasteiger partial charge >= 0.3 is 0 Å². The van der Waals surface area contributed by atoms with Crippen LogP contribution in [0.15, 0.2) is 55.0 Å². The third-order valence-corrected chi connectivity index (χ3v) is 5.12. The Morgan fingerprint density at radius 3 is 2.77 bits per heavy atom. The first-order valence-corrected chi connectivity index (χ1v) is 9.75. The van der Waals surface area contributed by atoms with E-state index in [-0.39, 0.29) is 36.8 Å². The zero-order valence-corrected chi connectivity index (χ0v) is 19.2. The van der Waals surface area contributed by atoms with Gasteiger partial charge in [-0.05, 0) is 36.8 Å². The maximum atomic E-state index is 13.3. The number of hydrogen-bond donors (Lipinski definition) is 1. The van der Waals surface area contributed by atoms with Gasteiger partial charge in [-0.15, -0.1) is 24.8 Å². The van der Waals surface area contributed by atoms with Gasteiger partial charge in [-0.25, -0.2) is 4.98 Å². The van der Waals surface area contributed by atoms with Gasteiger partial charge in [0.15, 0.2) is 0 Å². The van der Waals surface area contributed by atoms with Crippen LogP contribution in [0.1, 0.15) is 33.5 Å². The van der Waals surface area contributed by atoms with Crippen molar-refractivity contribution >= 4 is 30.7 Å². The molecule has 0 bridgehead atoms. The number of piperazine rings is 1. The van der Waals surface area contributed by atoms with E-state index in [0.717, 1.165) is 23.6 Å². The Labute approximate surface area is 194 Å². The van der Waals surface area contributed by atoms with Gasteiger partial charge in [0.2, 0.25) is 0 Å². The summed E-state index contributed by atoms with van der Waals surface area (Å²) in [7, 11) is 1.96. The van der Waals surface area contributed by atoms with Crippen LogP contribution >= 0.6 is 24.8 Å². The molecule has 9 heteroatoms. The molecule has 2 aromatic heterocycles. The van der Waals surface area contributed by atoms with Crippen molar-refractivity contribution in [3.63, 3.8) is 0 Å². The molecule has 4 rings (SSSR count). The summed E-state index contributed by atoms with van der Waals surface area (Å²) in [5.74, 6) is 1.61. The Morgan fingerprint density at radius 2 is 2.06 bits per heavy atom. The number of imidazole rings is 1. The number of halogens is 2. The van der Waals surface area contributed by atoms with Gasteiger partial charge in [0, 0.05) is 50.3 Å². The minimum absolute atomic E-state index is 0. The molecule has 1 saturated heterocycles. The summed E-state index contributed by atoms with van der Waals surface area (Å²) in [6, 6.07) is 11.4. The normalized spacial score (nSPS) is 15.5. The van der Waals surface area contributed by atoms with E-state index < -0.39 is 0 Å². The van der Waals surface area contributed by atoms with Crippen LogP contribution in [0.25, 0.3) is 0 Å². The van der Waals surface area contributed by atoms with Gasteiger partial charge in [-0.3, -0.25) is 9.78 Å². The molecule has 3 aromatic rings. The number of carbonyl (C=O) groups is 1. The third-order valence-electron chi connectivity index (χ3n) is 5.12. The van der Waals surface area contributed by atoms with Crippen LogP contribution in [0.2, 0.25) is 0 Å². The lowest BCUT2D eigenvalue weighted by atomic mass is 10.1. The first-order valence-electron chi connectivity index (χ1n) is 9.75. The van der Waals surface area contributed by atoms with E-state index >= 15 is 0 Å². The third kappa shape index (κ3) is 5.76. The molecule has 1 aliphatic rings. The SMILES string of the molecule is Cc1ccc(OCc2cccc(C(=O)N3CCNCC3c3nccn3C)c2)cn1.Cl.Cl. The number of aromatic nitrogens is 3. The molecular weight excluding hydrogens is 437 g/mol. The molecule has 166 valence electrons. The molecule has 0 radical (unpaired) electrons. The maximum Gasteiger partial charge on any atom is 0.254 e. The lowest BCUT2D eigenvalue weighted by Crippen LogP contribution is -2.49. The summed E-state index contributed by atoms with van der Waals surface area (Å²) in [5, 5.41) is 3.37. The molecule has 0 saturated carbocycles. The van der Waals surface area contributed by atoms with Crippen LogP contribution in [0.3, 0.4) is 0 Å². The second-order valence-electron chi connectivity index (χ2n) is 7.24. The van der Waals surface area contributed by atoms with Crippen molar-refractivity contribution in [2.75, 3.05) is 19.6 Å². The molecule has 7 nitrogen and oxygen atoms in total. The number of nitrogens with zero attached hydrogens (tertiary/aromatic N) is 4. The average molecular weight is 464 g/mol. The monoisotopic (exact) mass is 463 g/mol. The maximum absolute atomic E-state index is 13.3. The molecule has 1 aromatic carbocycles. The highest BCUT2D eigenvalue weighted by molar-refractivity contribution is 5.94. The average Bonchev–Trinajstić information content (AvgIpc) is 3.19. The van der Waals surface area contributed by atoms with Crippen LogP contribution in [-0.2, 0) is 13.7 Å². The van der Waals surface area contributed by atoms with E-state index in [2.05, 4.69) is 15.3 Å². The summed E-state index contributed by atoms with van der Waals surface area (Å²) in [5.41, 5.74) is 2.55. The summed E-state index contributed by atoms with van der Waals surface area (Å²) < 4.78 is 7.78. The Morgan fingerprint density at radius 1 is 1.23 bits per heavy atom. The minimum Gasteiger partial charge on any atom is -0.487 e. The van der Waals surface area contributed by atoms with E-state index in [1.807, 2.05) is 66.0 Å². The van der Waals surface area contributed by atoms with E-state index in [1.54, 1.807) is 12.4 Å². The lowest BCUT2D eigenvalue weighted by Gasteiger charge is -2.35. The van der Waals surface area contributed by atoms with Crippen molar-refractivity contribution in [1.29, 1.82) is 0 Å². The molecule has 1 aliphatic heterocycles. The van der Waals surface area contributed by atoms with Crippen molar-refractivity contribution in [3.8, 4) is 5.75 Å². The first kappa shape index (κ1) is 24.7.